The molecule has 0 saturated carbocycles. The molecular formula is C36H39N3O3. The first-order valence-corrected chi connectivity index (χ1v) is 14.8. The van der Waals surface area contributed by atoms with Gasteiger partial charge in [0, 0.05) is 43.4 Å². The Morgan fingerprint density at radius 2 is 1.57 bits per heavy atom. The zero-order valence-corrected chi connectivity index (χ0v) is 24.7. The van der Waals surface area contributed by atoms with Crippen molar-refractivity contribution in [2.75, 3.05) is 18.0 Å². The van der Waals surface area contributed by atoms with Crippen LogP contribution in [0.4, 0.5) is 5.69 Å². The molecule has 6 heteroatoms. The Hall–Kier alpha value is -4.45. The number of hydrogen-bond donors (Lipinski definition) is 1. The number of hydrogen-bond acceptors (Lipinski definition) is 3. The first-order chi connectivity index (χ1) is 20.3. The summed E-state index contributed by atoms with van der Waals surface area (Å²) in [6.07, 6.45) is 1.14. The molecule has 6 nitrogen and oxygen atoms in total. The fraction of sp³-hybridized carbons (Fsp3) is 0.306. The second kappa shape index (κ2) is 13.0. The summed E-state index contributed by atoms with van der Waals surface area (Å²) in [6.45, 7) is 7.45. The summed E-state index contributed by atoms with van der Waals surface area (Å²) in [7, 11) is 0. The Labute approximate surface area is 248 Å². The Morgan fingerprint density at radius 3 is 2.29 bits per heavy atom. The number of benzene rings is 4. The molecule has 5 rings (SSSR count). The zero-order chi connectivity index (χ0) is 29.6. The summed E-state index contributed by atoms with van der Waals surface area (Å²) >= 11 is 0. The first-order valence-electron chi connectivity index (χ1n) is 14.8. The van der Waals surface area contributed by atoms with Crippen LogP contribution in [0.25, 0.3) is 10.8 Å². The Bertz CT molecular complexity index is 1560. The van der Waals surface area contributed by atoms with Crippen LogP contribution in [-0.2, 0) is 22.6 Å². The maximum absolute atomic E-state index is 14.0. The third-order valence-corrected chi connectivity index (χ3v) is 7.85. The van der Waals surface area contributed by atoms with E-state index in [1.807, 2.05) is 97.9 Å². The lowest BCUT2D eigenvalue weighted by Gasteiger charge is -2.32. The molecule has 4 aromatic rings. The van der Waals surface area contributed by atoms with Crippen LogP contribution in [-0.4, -0.2) is 41.8 Å². The second-order valence-electron chi connectivity index (χ2n) is 11.6. The molecule has 0 aromatic heterocycles. The summed E-state index contributed by atoms with van der Waals surface area (Å²) < 4.78 is 0. The van der Waals surface area contributed by atoms with E-state index in [0.717, 1.165) is 33.2 Å². The lowest BCUT2D eigenvalue weighted by atomic mass is 10.0. The number of nitrogens with zero attached hydrogens (tertiary/aromatic N) is 2. The van der Waals surface area contributed by atoms with E-state index in [1.165, 1.54) is 0 Å². The van der Waals surface area contributed by atoms with Gasteiger partial charge in [0.2, 0.25) is 11.8 Å². The molecule has 3 amide bonds. The smallest absolute Gasteiger partial charge is 0.258 e. The van der Waals surface area contributed by atoms with Crippen molar-refractivity contribution in [2.24, 2.45) is 5.92 Å². The normalized spacial score (nSPS) is 13.0. The minimum Gasteiger partial charge on any atom is -0.354 e. The van der Waals surface area contributed by atoms with Gasteiger partial charge in [0.1, 0.15) is 6.04 Å². The summed E-state index contributed by atoms with van der Waals surface area (Å²) in [4.78, 5) is 44.4. The van der Waals surface area contributed by atoms with E-state index in [9.17, 15) is 14.4 Å². The molecule has 1 aliphatic rings. The van der Waals surface area contributed by atoms with Crippen molar-refractivity contribution in [3.63, 3.8) is 0 Å². The van der Waals surface area contributed by atoms with Crippen LogP contribution in [0, 0.1) is 12.8 Å². The maximum atomic E-state index is 14.0. The van der Waals surface area contributed by atoms with E-state index < -0.39 is 6.04 Å². The Balaban J connectivity index is 1.37. The van der Waals surface area contributed by atoms with Crippen LogP contribution in [0.2, 0.25) is 0 Å². The molecule has 4 aromatic carbocycles. The molecule has 0 fully saturated rings. The van der Waals surface area contributed by atoms with Gasteiger partial charge >= 0.3 is 0 Å². The van der Waals surface area contributed by atoms with E-state index in [2.05, 4.69) is 19.2 Å². The summed E-state index contributed by atoms with van der Waals surface area (Å²) in [5.41, 5.74) is 4.71. The third kappa shape index (κ3) is 6.54. The van der Waals surface area contributed by atoms with E-state index in [1.54, 1.807) is 9.80 Å². The van der Waals surface area contributed by atoms with Crippen LogP contribution in [0.3, 0.4) is 0 Å². The van der Waals surface area contributed by atoms with Crippen molar-refractivity contribution in [3.8, 4) is 0 Å². The van der Waals surface area contributed by atoms with Gasteiger partial charge in [-0.1, -0.05) is 98.3 Å². The highest BCUT2D eigenvalue weighted by atomic mass is 16.2. The van der Waals surface area contributed by atoms with E-state index in [0.29, 0.717) is 44.0 Å². The highest BCUT2D eigenvalue weighted by molar-refractivity contribution is 6.25. The highest BCUT2D eigenvalue weighted by Gasteiger charge is 2.32. The lowest BCUT2D eigenvalue weighted by Crippen LogP contribution is -2.51. The van der Waals surface area contributed by atoms with Crippen molar-refractivity contribution in [3.05, 3.63) is 113 Å². The lowest BCUT2D eigenvalue weighted by molar-refractivity contribution is -0.141. The number of anilines is 1. The molecule has 0 aliphatic carbocycles. The molecule has 1 atom stereocenters. The van der Waals surface area contributed by atoms with Crippen molar-refractivity contribution >= 4 is 34.2 Å². The average Bonchev–Trinajstić information content (AvgIpc) is 3.27. The second-order valence-corrected chi connectivity index (χ2v) is 11.6. The molecule has 216 valence electrons. The number of amides is 3. The topological polar surface area (TPSA) is 69.7 Å². The predicted octanol–water partition coefficient (Wildman–Crippen LogP) is 6.30. The first kappa shape index (κ1) is 29.1. The molecule has 0 radical (unpaired) electrons. The van der Waals surface area contributed by atoms with Crippen molar-refractivity contribution in [2.45, 2.75) is 52.6 Å². The molecule has 1 heterocycles. The SMILES string of the molecule is Cc1ccc(CN(C(=O)CCCN2C(=O)c3cccc4cccc2c34)C(Cc2ccccc2)C(=O)NCC(C)C)cc1. The number of nitrogens with one attached hydrogen (secondary N) is 1. The Kier molecular flexibility index (Phi) is 9.01. The Morgan fingerprint density at radius 1 is 0.857 bits per heavy atom. The van der Waals surface area contributed by atoms with Crippen LogP contribution in [0.1, 0.15) is 53.7 Å². The molecule has 0 spiro atoms. The van der Waals surface area contributed by atoms with E-state index >= 15 is 0 Å². The standard InChI is InChI=1S/C36H39N3O3/c1-25(2)23-37-35(41)32(22-27-10-5-4-6-11-27)39(24-28-19-17-26(3)18-20-28)33(40)16-9-21-38-31-15-8-13-29-12-7-14-30(34(29)31)36(38)42/h4-8,10-15,17-20,25,32H,9,16,21-24H2,1-3H3,(H,37,41). The third-order valence-electron chi connectivity index (χ3n) is 7.85. The maximum Gasteiger partial charge on any atom is 0.258 e. The van der Waals surface area contributed by atoms with Gasteiger partial charge in [0.15, 0.2) is 0 Å². The van der Waals surface area contributed by atoms with Gasteiger partial charge in [-0.3, -0.25) is 14.4 Å². The number of aryl methyl sites for hydroxylation is 1. The number of rotatable bonds is 12. The van der Waals surface area contributed by atoms with Crippen LogP contribution in [0.15, 0.2) is 91.0 Å². The van der Waals surface area contributed by atoms with Crippen LogP contribution in [0.5, 0.6) is 0 Å². The summed E-state index contributed by atoms with van der Waals surface area (Å²) in [6, 6.07) is 29.0. The molecule has 1 N–H and O–H groups in total. The molecule has 0 bridgehead atoms. The molecule has 1 unspecified atom stereocenters. The minimum absolute atomic E-state index is 0.0271. The summed E-state index contributed by atoms with van der Waals surface area (Å²) in [5.74, 6) is 0.0170. The fourth-order valence-electron chi connectivity index (χ4n) is 5.60. The molecule has 1 aliphatic heterocycles. The van der Waals surface area contributed by atoms with E-state index in [4.69, 9.17) is 0 Å². The zero-order valence-electron chi connectivity index (χ0n) is 24.7. The van der Waals surface area contributed by atoms with Crippen molar-refractivity contribution in [1.82, 2.24) is 10.2 Å². The minimum atomic E-state index is -0.661. The van der Waals surface area contributed by atoms with Crippen molar-refractivity contribution < 1.29 is 14.4 Å². The average molecular weight is 562 g/mol. The van der Waals surface area contributed by atoms with Gasteiger partial charge < -0.3 is 15.1 Å². The molecule has 42 heavy (non-hydrogen) atoms. The van der Waals surface area contributed by atoms with Gasteiger partial charge in [-0.25, -0.2) is 0 Å². The van der Waals surface area contributed by atoms with Gasteiger partial charge in [0.25, 0.3) is 5.91 Å². The van der Waals surface area contributed by atoms with Gasteiger partial charge in [-0.2, -0.15) is 0 Å². The van der Waals surface area contributed by atoms with Gasteiger partial charge in [-0.05, 0) is 47.9 Å². The van der Waals surface area contributed by atoms with Crippen molar-refractivity contribution in [1.29, 1.82) is 0 Å². The number of carbonyl (C=O) groups excluding carboxylic acids is 3. The van der Waals surface area contributed by atoms with Gasteiger partial charge in [-0.15, -0.1) is 0 Å². The molecule has 0 saturated heterocycles. The van der Waals surface area contributed by atoms with Crippen LogP contribution < -0.4 is 10.2 Å². The van der Waals surface area contributed by atoms with E-state index in [-0.39, 0.29) is 24.1 Å². The summed E-state index contributed by atoms with van der Waals surface area (Å²) in [5, 5.41) is 5.09. The quantitative estimate of drug-likeness (QED) is 0.221. The monoisotopic (exact) mass is 561 g/mol. The fourth-order valence-corrected chi connectivity index (χ4v) is 5.60. The van der Waals surface area contributed by atoms with Gasteiger partial charge in [0.05, 0.1) is 5.69 Å². The van der Waals surface area contributed by atoms with Crippen LogP contribution >= 0.6 is 0 Å². The predicted molar refractivity (Wildman–Crippen MR) is 168 cm³/mol. The molecular weight excluding hydrogens is 522 g/mol. The number of carbonyl (C=O) groups is 3. The largest absolute Gasteiger partial charge is 0.354 e. The highest BCUT2D eigenvalue weighted by Crippen LogP contribution is 2.37.